The lowest BCUT2D eigenvalue weighted by Gasteiger charge is -2.31. The number of ether oxygens (including phenoxy) is 1. The van der Waals surface area contributed by atoms with Crippen molar-refractivity contribution in [2.75, 3.05) is 11.4 Å². The molecule has 1 fully saturated rings. The van der Waals surface area contributed by atoms with E-state index in [4.69, 9.17) is 9.15 Å². The summed E-state index contributed by atoms with van der Waals surface area (Å²) in [5.41, 5.74) is 3.62. The average Bonchev–Trinajstić information content (AvgIpc) is 3.26. The van der Waals surface area contributed by atoms with Gasteiger partial charge in [-0.05, 0) is 50.3 Å². The van der Waals surface area contributed by atoms with Gasteiger partial charge in [0.1, 0.15) is 5.58 Å². The second kappa shape index (κ2) is 10.3. The quantitative estimate of drug-likeness (QED) is 0.378. The first kappa shape index (κ1) is 23.0. The summed E-state index contributed by atoms with van der Waals surface area (Å²) >= 11 is 1.90. The molecule has 2 heterocycles. The van der Waals surface area contributed by atoms with Crippen LogP contribution in [0.15, 0.2) is 52.9 Å². The van der Waals surface area contributed by atoms with E-state index in [-0.39, 0.29) is 11.7 Å². The number of thioether (sulfide) groups is 1. The number of furan rings is 1. The van der Waals surface area contributed by atoms with Crippen molar-refractivity contribution < 1.29 is 18.7 Å². The second-order valence-electron chi connectivity index (χ2n) is 9.25. The molecule has 2 aliphatic rings. The van der Waals surface area contributed by atoms with Gasteiger partial charge in [-0.25, -0.2) is 4.79 Å². The number of fused-ring (bicyclic) bond motifs is 2. The summed E-state index contributed by atoms with van der Waals surface area (Å²) < 4.78 is 11.7. The molecule has 6 heteroatoms. The van der Waals surface area contributed by atoms with E-state index in [9.17, 15) is 9.59 Å². The largest absolute Gasteiger partial charge is 0.449 e. The fourth-order valence-corrected chi connectivity index (χ4v) is 6.44. The molecule has 2 aromatic carbocycles. The summed E-state index contributed by atoms with van der Waals surface area (Å²) in [7, 11) is 0. The van der Waals surface area contributed by atoms with E-state index in [0.29, 0.717) is 23.1 Å². The maximum Gasteiger partial charge on any atom is 0.375 e. The number of anilines is 1. The van der Waals surface area contributed by atoms with Gasteiger partial charge in [-0.2, -0.15) is 11.8 Å². The third kappa shape index (κ3) is 4.74. The molecule has 0 N–H and O–H groups in total. The van der Waals surface area contributed by atoms with Gasteiger partial charge in [0.05, 0.1) is 0 Å². The topological polar surface area (TPSA) is 59.8 Å². The Labute approximate surface area is 204 Å². The third-order valence-corrected chi connectivity index (χ3v) is 8.31. The number of hydrogen-bond donors (Lipinski definition) is 0. The molecule has 1 aliphatic heterocycles. The smallest absolute Gasteiger partial charge is 0.375 e. The summed E-state index contributed by atoms with van der Waals surface area (Å²) in [6.07, 6.45) is 7.27. The lowest BCUT2D eigenvalue weighted by Crippen LogP contribution is -2.42. The molecule has 5 rings (SSSR count). The summed E-state index contributed by atoms with van der Waals surface area (Å²) in [5, 5.41) is 1.56. The predicted molar refractivity (Wildman–Crippen MR) is 136 cm³/mol. The summed E-state index contributed by atoms with van der Waals surface area (Å²) in [6, 6.07) is 15.7. The molecular weight excluding hydrogens is 446 g/mol. The van der Waals surface area contributed by atoms with E-state index in [2.05, 4.69) is 6.07 Å². The first-order valence-electron chi connectivity index (χ1n) is 12.3. The van der Waals surface area contributed by atoms with Gasteiger partial charge in [-0.1, -0.05) is 55.7 Å². The molecule has 0 spiro atoms. The van der Waals surface area contributed by atoms with Crippen molar-refractivity contribution in [1.29, 1.82) is 0 Å². The van der Waals surface area contributed by atoms with Gasteiger partial charge < -0.3 is 14.1 Å². The van der Waals surface area contributed by atoms with Crippen molar-refractivity contribution >= 4 is 40.3 Å². The van der Waals surface area contributed by atoms with Crippen molar-refractivity contribution in [3.63, 3.8) is 0 Å². The Balaban J connectivity index is 1.33. The molecule has 1 aromatic heterocycles. The Morgan fingerprint density at radius 2 is 1.82 bits per heavy atom. The van der Waals surface area contributed by atoms with Crippen LogP contribution in [-0.4, -0.2) is 29.8 Å². The maximum atomic E-state index is 13.2. The fraction of sp³-hybridized carbons (Fsp3) is 0.429. The molecule has 1 aliphatic carbocycles. The van der Waals surface area contributed by atoms with Crippen LogP contribution in [0.3, 0.4) is 0 Å². The molecule has 1 amide bonds. The Hall–Kier alpha value is -2.73. The number of esters is 1. The molecule has 1 unspecified atom stereocenters. The van der Waals surface area contributed by atoms with Crippen LogP contribution in [0.2, 0.25) is 0 Å². The van der Waals surface area contributed by atoms with Crippen molar-refractivity contribution in [2.24, 2.45) is 0 Å². The maximum absolute atomic E-state index is 13.2. The molecule has 178 valence electrons. The zero-order valence-electron chi connectivity index (χ0n) is 19.6. The Kier molecular flexibility index (Phi) is 6.95. The minimum absolute atomic E-state index is 0.199. The van der Waals surface area contributed by atoms with Gasteiger partial charge in [0.25, 0.3) is 5.91 Å². The zero-order valence-corrected chi connectivity index (χ0v) is 20.4. The number of carbonyl (C=O) groups excluding carboxylic acids is 2. The highest BCUT2D eigenvalue weighted by Gasteiger charge is 2.31. The number of amides is 1. The minimum atomic E-state index is -0.897. The van der Waals surface area contributed by atoms with Gasteiger partial charge >= 0.3 is 5.97 Å². The van der Waals surface area contributed by atoms with Crippen molar-refractivity contribution in [2.45, 2.75) is 69.0 Å². The average molecular weight is 478 g/mol. The summed E-state index contributed by atoms with van der Waals surface area (Å²) in [6.45, 7) is 2.28. The van der Waals surface area contributed by atoms with Gasteiger partial charge in [-0.3, -0.25) is 4.79 Å². The van der Waals surface area contributed by atoms with Crippen LogP contribution in [0.1, 0.15) is 67.1 Å². The summed E-state index contributed by atoms with van der Waals surface area (Å²) in [5.74, 6) is 0.160. The highest BCUT2D eigenvalue weighted by Crippen LogP contribution is 2.35. The second-order valence-corrected chi connectivity index (χ2v) is 10.5. The van der Waals surface area contributed by atoms with Crippen LogP contribution in [0, 0.1) is 0 Å². The molecule has 0 bridgehead atoms. The van der Waals surface area contributed by atoms with Crippen LogP contribution in [-0.2, 0) is 21.7 Å². The number of hydrogen-bond acceptors (Lipinski definition) is 5. The van der Waals surface area contributed by atoms with Gasteiger partial charge in [0.2, 0.25) is 5.76 Å². The van der Waals surface area contributed by atoms with Crippen LogP contribution >= 0.6 is 11.8 Å². The van der Waals surface area contributed by atoms with Crippen LogP contribution in [0.25, 0.3) is 11.0 Å². The van der Waals surface area contributed by atoms with Crippen LogP contribution < -0.4 is 4.90 Å². The SMILES string of the molecule is CC(OC(=O)c1oc2ccccc2c1CSC1CCCCC1)C(=O)N1CCCc2ccccc21. The number of benzene rings is 2. The highest BCUT2D eigenvalue weighted by molar-refractivity contribution is 7.99. The molecule has 34 heavy (non-hydrogen) atoms. The summed E-state index contributed by atoms with van der Waals surface area (Å²) in [4.78, 5) is 28.2. The Morgan fingerprint density at radius 3 is 2.68 bits per heavy atom. The monoisotopic (exact) mass is 477 g/mol. The molecule has 0 saturated heterocycles. The molecule has 3 aromatic rings. The van der Waals surface area contributed by atoms with E-state index >= 15 is 0 Å². The number of para-hydroxylation sites is 2. The van der Waals surface area contributed by atoms with E-state index in [0.717, 1.165) is 35.0 Å². The first-order valence-corrected chi connectivity index (χ1v) is 13.4. The van der Waals surface area contributed by atoms with Crippen molar-refractivity contribution in [3.05, 3.63) is 65.4 Å². The lowest BCUT2D eigenvalue weighted by atomic mass is 10.0. The molecule has 1 saturated carbocycles. The molecule has 5 nitrogen and oxygen atoms in total. The van der Waals surface area contributed by atoms with Gasteiger partial charge in [0.15, 0.2) is 6.10 Å². The number of nitrogens with zero attached hydrogens (tertiary/aromatic N) is 1. The van der Waals surface area contributed by atoms with E-state index in [1.807, 2.05) is 54.2 Å². The van der Waals surface area contributed by atoms with Crippen molar-refractivity contribution in [1.82, 2.24) is 0 Å². The Morgan fingerprint density at radius 1 is 1.06 bits per heavy atom. The van der Waals surface area contributed by atoms with E-state index in [1.165, 1.54) is 32.1 Å². The predicted octanol–water partition coefficient (Wildman–Crippen LogP) is 6.52. The molecule has 0 radical (unpaired) electrons. The standard InChI is InChI=1S/C28H31NO4S/c1-19(27(30)29-17-9-11-20-10-5-7-15-24(20)29)32-28(31)26-23(18-34-21-12-3-2-4-13-21)22-14-6-8-16-25(22)33-26/h5-8,10,14-16,19,21H,2-4,9,11-13,17-18H2,1H3. The normalized spacial score (nSPS) is 17.4. The third-order valence-electron chi connectivity index (χ3n) is 6.91. The van der Waals surface area contributed by atoms with Crippen LogP contribution in [0.5, 0.6) is 0 Å². The van der Waals surface area contributed by atoms with E-state index < -0.39 is 12.1 Å². The zero-order chi connectivity index (χ0) is 23.5. The van der Waals surface area contributed by atoms with Crippen molar-refractivity contribution in [3.8, 4) is 0 Å². The number of rotatable bonds is 6. The van der Waals surface area contributed by atoms with E-state index in [1.54, 1.807) is 11.8 Å². The Bertz CT molecular complexity index is 1180. The number of aryl methyl sites for hydroxylation is 1. The lowest BCUT2D eigenvalue weighted by molar-refractivity contribution is -0.126. The van der Waals surface area contributed by atoms with Gasteiger partial charge in [-0.15, -0.1) is 0 Å². The van der Waals surface area contributed by atoms with Gasteiger partial charge in [0, 0.05) is 34.2 Å². The molecular formula is C28H31NO4S. The minimum Gasteiger partial charge on any atom is -0.449 e. The molecule has 1 atom stereocenters. The highest BCUT2D eigenvalue weighted by atomic mass is 32.2. The van der Waals surface area contributed by atoms with Crippen LogP contribution in [0.4, 0.5) is 5.69 Å². The first-order chi connectivity index (χ1) is 16.6. The number of carbonyl (C=O) groups is 2. The fourth-order valence-electron chi connectivity index (χ4n) is 5.09.